The molecule has 1 radical (unpaired) electrons. The Balaban J connectivity index is 1.28. The van der Waals surface area contributed by atoms with E-state index in [0.29, 0.717) is 17.5 Å². The van der Waals surface area contributed by atoms with Gasteiger partial charge in [-0.3, -0.25) is 0 Å². The van der Waals surface area contributed by atoms with Gasteiger partial charge in [-0.05, 0) is 68.9 Å². The number of aromatic nitrogens is 3. The number of thiophene rings is 1. The predicted octanol–water partition coefficient (Wildman–Crippen LogP) is 8.95. The third kappa shape index (κ3) is 5.19. The second-order valence-electron chi connectivity index (χ2n) is 12.8. The number of furan rings is 1. The van der Waals surface area contributed by atoms with Crippen LogP contribution < -0.4 is 5.46 Å². The Bertz CT molecular complexity index is 2440. The summed E-state index contributed by atoms with van der Waals surface area (Å²) in [7, 11) is 1.77. The van der Waals surface area contributed by atoms with Gasteiger partial charge >= 0.3 is 7.48 Å². The first-order chi connectivity index (χ1) is 22.7. The minimum atomic E-state index is -1.01. The molecule has 0 bridgehead atoms. The molecule has 0 atom stereocenters. The summed E-state index contributed by atoms with van der Waals surface area (Å²) >= 11 is 1.72. The summed E-state index contributed by atoms with van der Waals surface area (Å²) in [6.07, 6.45) is 0. The lowest BCUT2D eigenvalue weighted by Crippen LogP contribution is -2.49. The van der Waals surface area contributed by atoms with Crippen LogP contribution in [0, 0.1) is 0 Å². The van der Waals surface area contributed by atoms with E-state index in [0.717, 1.165) is 64.3 Å². The van der Waals surface area contributed by atoms with Crippen molar-refractivity contribution in [3.63, 3.8) is 0 Å². The van der Waals surface area contributed by atoms with E-state index in [4.69, 9.17) is 24.0 Å². The van der Waals surface area contributed by atoms with Crippen LogP contribution in [0.25, 0.3) is 76.3 Å². The number of rotatable bonds is 7. The van der Waals surface area contributed by atoms with E-state index >= 15 is 0 Å². The molecule has 229 valence electrons. The molecule has 8 aromatic rings. The van der Waals surface area contributed by atoms with Crippen LogP contribution in [0.3, 0.4) is 0 Å². The molecule has 0 fully saturated rings. The highest BCUT2D eigenvalue weighted by Crippen LogP contribution is 2.38. The summed E-state index contributed by atoms with van der Waals surface area (Å²) < 4.78 is 14.6. The van der Waals surface area contributed by atoms with Gasteiger partial charge in [-0.2, -0.15) is 0 Å². The average molecular weight is 633 g/mol. The number of nitrogens with zero attached hydrogens (tertiary/aromatic N) is 3. The van der Waals surface area contributed by atoms with Gasteiger partial charge < -0.3 is 14.2 Å². The van der Waals surface area contributed by atoms with Crippen molar-refractivity contribution in [3.8, 4) is 34.2 Å². The van der Waals surface area contributed by atoms with Crippen LogP contribution in [-0.2, 0) is 4.65 Å². The Hall–Kier alpha value is -4.89. The fraction of sp³-hybridized carbons (Fsp3) is 0.154. The lowest BCUT2D eigenvalue weighted by Gasteiger charge is -2.37. The first-order valence-electron chi connectivity index (χ1n) is 15.6. The topological polar surface area (TPSA) is 81.3 Å². The molecule has 0 amide bonds. The minimum Gasteiger partial charge on any atom is -0.456 e. The van der Waals surface area contributed by atoms with E-state index in [1.54, 1.807) is 32.7 Å². The molecule has 6 nitrogen and oxygen atoms in total. The number of para-hydroxylation sites is 1. The van der Waals surface area contributed by atoms with Gasteiger partial charge in [0.25, 0.3) is 0 Å². The second kappa shape index (κ2) is 11.1. The van der Waals surface area contributed by atoms with Crippen LogP contribution in [0.1, 0.15) is 27.7 Å². The van der Waals surface area contributed by atoms with Gasteiger partial charge in [-0.25, -0.2) is 15.0 Å². The highest BCUT2D eigenvalue weighted by molar-refractivity contribution is 7.27. The SMILES string of the molecule is CC(C)(O)C(C)(C)O[B]c1cccc2c1sc1ccc(-c3nc(-c4ccccc4)nc(-c4cccc5oc6ccccc6c45)n3)cc12. The van der Waals surface area contributed by atoms with Gasteiger partial charge in [0.1, 0.15) is 11.2 Å². The Labute approximate surface area is 277 Å². The molecular formula is C39H31BN3O3S. The average Bonchev–Trinajstić information content (AvgIpc) is 3.65. The molecule has 0 aliphatic heterocycles. The van der Waals surface area contributed by atoms with Crippen molar-refractivity contribution < 1.29 is 14.2 Å². The smallest absolute Gasteiger partial charge is 0.332 e. The van der Waals surface area contributed by atoms with Crippen LogP contribution in [-0.4, -0.2) is 38.7 Å². The predicted molar refractivity (Wildman–Crippen MR) is 193 cm³/mol. The molecule has 8 heteroatoms. The molecule has 0 aliphatic rings. The molecule has 0 spiro atoms. The highest BCUT2D eigenvalue weighted by Gasteiger charge is 2.36. The Kier molecular flexibility index (Phi) is 6.99. The third-order valence-corrected chi connectivity index (χ3v) is 10.3. The van der Waals surface area contributed by atoms with E-state index in [-0.39, 0.29) is 0 Å². The third-order valence-electron chi connectivity index (χ3n) is 9.05. The lowest BCUT2D eigenvalue weighted by atomic mass is 9.82. The molecule has 1 N–H and O–H groups in total. The first kappa shape index (κ1) is 29.5. The number of fused-ring (bicyclic) bond motifs is 6. The minimum absolute atomic E-state index is 0.588. The summed E-state index contributed by atoms with van der Waals surface area (Å²) in [6.45, 7) is 7.30. The Morgan fingerprint density at radius 2 is 1.34 bits per heavy atom. The summed E-state index contributed by atoms with van der Waals surface area (Å²) in [5, 5.41) is 14.8. The maximum atomic E-state index is 10.6. The van der Waals surface area contributed by atoms with Crippen LogP contribution in [0.2, 0.25) is 0 Å². The summed E-state index contributed by atoms with van der Waals surface area (Å²) in [5.41, 5.74) is 3.52. The van der Waals surface area contributed by atoms with Crippen LogP contribution in [0.4, 0.5) is 0 Å². The molecule has 47 heavy (non-hydrogen) atoms. The fourth-order valence-electron chi connectivity index (χ4n) is 5.71. The van der Waals surface area contributed by atoms with Crippen LogP contribution >= 0.6 is 11.3 Å². The van der Waals surface area contributed by atoms with Gasteiger partial charge in [-0.1, -0.05) is 78.9 Å². The maximum absolute atomic E-state index is 10.6. The maximum Gasteiger partial charge on any atom is 0.332 e. The molecule has 3 heterocycles. The molecular weight excluding hydrogens is 601 g/mol. The van der Waals surface area contributed by atoms with Crippen molar-refractivity contribution in [2.45, 2.75) is 38.9 Å². The van der Waals surface area contributed by atoms with Gasteiger partial charge in [0.2, 0.25) is 0 Å². The molecule has 3 aromatic heterocycles. The zero-order valence-electron chi connectivity index (χ0n) is 26.5. The Morgan fingerprint density at radius 3 is 2.15 bits per heavy atom. The fourth-order valence-corrected chi connectivity index (χ4v) is 6.87. The standard InChI is InChI=1S/C39H31BN3O3S/c1-38(2,44)39(3,4)46-40-29-17-10-15-25-28-22-24(20-21-32(28)47-34(25)29)36-41-35(23-12-6-5-7-13-23)42-37(43-36)27-16-11-19-31-33(27)26-14-8-9-18-30(26)45-31/h5-22,44H,1-4H3. The first-order valence-corrected chi connectivity index (χ1v) is 16.4. The monoisotopic (exact) mass is 632 g/mol. The van der Waals surface area contributed by atoms with Crippen molar-refractivity contribution in [1.82, 2.24) is 15.0 Å². The lowest BCUT2D eigenvalue weighted by molar-refractivity contribution is -0.0893. The summed E-state index contributed by atoms with van der Waals surface area (Å²) in [6, 6.07) is 36.7. The number of benzene rings is 5. The van der Waals surface area contributed by atoms with E-state index in [2.05, 4.69) is 30.3 Å². The van der Waals surface area contributed by atoms with Crippen molar-refractivity contribution in [2.24, 2.45) is 0 Å². The van der Waals surface area contributed by atoms with E-state index < -0.39 is 11.2 Å². The molecule has 0 unspecified atom stereocenters. The van der Waals surface area contributed by atoms with Crippen LogP contribution in [0.15, 0.2) is 114 Å². The van der Waals surface area contributed by atoms with E-state index in [9.17, 15) is 5.11 Å². The van der Waals surface area contributed by atoms with E-state index in [1.165, 1.54) is 0 Å². The molecule has 8 rings (SSSR count). The van der Waals surface area contributed by atoms with Gasteiger partial charge in [0.05, 0.1) is 11.2 Å². The second-order valence-corrected chi connectivity index (χ2v) is 13.8. The molecule has 0 saturated carbocycles. The summed E-state index contributed by atoms with van der Waals surface area (Å²) in [5.74, 6) is 1.79. The zero-order chi connectivity index (χ0) is 32.3. The largest absolute Gasteiger partial charge is 0.456 e. The van der Waals surface area contributed by atoms with Gasteiger partial charge in [0.15, 0.2) is 17.5 Å². The van der Waals surface area contributed by atoms with Gasteiger partial charge in [-0.15, -0.1) is 11.3 Å². The van der Waals surface area contributed by atoms with Crippen molar-refractivity contribution in [1.29, 1.82) is 0 Å². The van der Waals surface area contributed by atoms with Crippen molar-refractivity contribution >= 4 is 66.4 Å². The Morgan fingerprint density at radius 1 is 0.660 bits per heavy atom. The molecule has 0 saturated heterocycles. The summed E-state index contributed by atoms with van der Waals surface area (Å²) in [4.78, 5) is 15.1. The van der Waals surface area contributed by atoms with Crippen molar-refractivity contribution in [2.75, 3.05) is 0 Å². The quantitative estimate of drug-likeness (QED) is 0.177. The van der Waals surface area contributed by atoms with Crippen molar-refractivity contribution in [3.05, 3.63) is 109 Å². The number of hydrogen-bond donors (Lipinski definition) is 1. The van der Waals surface area contributed by atoms with Crippen LogP contribution in [0.5, 0.6) is 0 Å². The van der Waals surface area contributed by atoms with Gasteiger partial charge in [0, 0.05) is 42.2 Å². The number of hydrogen-bond acceptors (Lipinski definition) is 7. The highest BCUT2D eigenvalue weighted by atomic mass is 32.1. The molecule has 0 aliphatic carbocycles. The normalized spacial score (nSPS) is 12.4. The zero-order valence-corrected chi connectivity index (χ0v) is 27.3. The molecule has 5 aromatic carbocycles. The van der Waals surface area contributed by atoms with E-state index in [1.807, 2.05) is 92.7 Å². The number of aliphatic hydroxyl groups is 1.